The molecule has 0 unspecified atom stereocenters. The minimum absolute atomic E-state index is 0.0646. The Labute approximate surface area is 125 Å². The van der Waals surface area contributed by atoms with E-state index in [9.17, 15) is 12.8 Å². The van der Waals surface area contributed by atoms with Gasteiger partial charge in [-0.3, -0.25) is 0 Å². The van der Waals surface area contributed by atoms with Gasteiger partial charge >= 0.3 is 0 Å². The van der Waals surface area contributed by atoms with E-state index in [2.05, 4.69) is 4.90 Å². The van der Waals surface area contributed by atoms with Crippen molar-refractivity contribution in [3.63, 3.8) is 0 Å². The second-order valence-corrected chi connectivity index (χ2v) is 7.20. The van der Waals surface area contributed by atoms with Gasteiger partial charge in [0.25, 0.3) is 0 Å². The summed E-state index contributed by atoms with van der Waals surface area (Å²) in [5.41, 5.74) is 6.11. The van der Waals surface area contributed by atoms with Crippen LogP contribution in [0.4, 0.5) is 4.39 Å². The Hall–Kier alpha value is -1.02. The molecular formula is C14H22FN3O2S. The first kappa shape index (κ1) is 16.4. The van der Waals surface area contributed by atoms with E-state index < -0.39 is 15.8 Å². The maximum atomic E-state index is 13.4. The van der Waals surface area contributed by atoms with E-state index in [1.807, 2.05) is 0 Å². The maximum absolute atomic E-state index is 13.4. The number of aryl methyl sites for hydroxylation is 1. The lowest BCUT2D eigenvalue weighted by atomic mass is 10.2. The van der Waals surface area contributed by atoms with Gasteiger partial charge in [-0.25, -0.2) is 12.8 Å². The van der Waals surface area contributed by atoms with Gasteiger partial charge in [-0.1, -0.05) is 6.07 Å². The molecule has 0 spiro atoms. The van der Waals surface area contributed by atoms with Crippen LogP contribution in [0.3, 0.4) is 0 Å². The zero-order valence-corrected chi connectivity index (χ0v) is 13.1. The Morgan fingerprint density at radius 1 is 1.24 bits per heavy atom. The van der Waals surface area contributed by atoms with Crippen molar-refractivity contribution >= 4 is 10.0 Å². The molecule has 0 aliphatic carbocycles. The molecule has 1 fully saturated rings. The predicted molar refractivity (Wildman–Crippen MR) is 80.0 cm³/mol. The number of benzene rings is 1. The Balaban J connectivity index is 2.21. The molecule has 1 aliphatic heterocycles. The van der Waals surface area contributed by atoms with Gasteiger partial charge in [0.15, 0.2) is 0 Å². The first-order chi connectivity index (χ1) is 9.95. The minimum Gasteiger partial charge on any atom is -0.329 e. The van der Waals surface area contributed by atoms with E-state index in [4.69, 9.17) is 5.73 Å². The van der Waals surface area contributed by atoms with Gasteiger partial charge in [-0.2, -0.15) is 4.31 Å². The van der Waals surface area contributed by atoms with Crippen LogP contribution in [0.25, 0.3) is 0 Å². The van der Waals surface area contributed by atoms with Gasteiger partial charge in [0, 0.05) is 32.7 Å². The number of hydrogen-bond donors (Lipinski definition) is 1. The summed E-state index contributed by atoms with van der Waals surface area (Å²) in [7, 11) is -3.64. The van der Waals surface area contributed by atoms with E-state index in [1.54, 1.807) is 6.92 Å². The predicted octanol–water partition coefficient (Wildman–Crippen LogP) is 0.789. The fourth-order valence-corrected chi connectivity index (χ4v) is 4.29. The Bertz CT molecular complexity index is 592. The smallest absolute Gasteiger partial charge is 0.243 e. The highest BCUT2D eigenvalue weighted by Gasteiger charge is 2.28. The largest absolute Gasteiger partial charge is 0.329 e. The van der Waals surface area contributed by atoms with Crippen LogP contribution in [0.5, 0.6) is 0 Å². The Morgan fingerprint density at radius 3 is 2.71 bits per heavy atom. The number of rotatable bonds is 4. The van der Waals surface area contributed by atoms with Crippen LogP contribution >= 0.6 is 0 Å². The van der Waals surface area contributed by atoms with Crippen molar-refractivity contribution in [2.45, 2.75) is 18.2 Å². The minimum atomic E-state index is -3.64. The van der Waals surface area contributed by atoms with E-state index in [-0.39, 0.29) is 4.90 Å². The van der Waals surface area contributed by atoms with E-state index in [0.29, 0.717) is 31.7 Å². The summed E-state index contributed by atoms with van der Waals surface area (Å²) in [5, 5.41) is 0. The number of halogens is 1. The van der Waals surface area contributed by atoms with Gasteiger partial charge in [0.2, 0.25) is 10.0 Å². The van der Waals surface area contributed by atoms with Crippen LogP contribution in [0.2, 0.25) is 0 Å². The average molecular weight is 315 g/mol. The molecule has 1 saturated heterocycles. The fourth-order valence-electron chi connectivity index (χ4n) is 2.58. The molecule has 5 nitrogen and oxygen atoms in total. The molecule has 0 atom stereocenters. The molecule has 0 amide bonds. The molecule has 1 aromatic carbocycles. The molecule has 21 heavy (non-hydrogen) atoms. The highest BCUT2D eigenvalue weighted by molar-refractivity contribution is 7.89. The van der Waals surface area contributed by atoms with Gasteiger partial charge in [-0.15, -0.1) is 0 Å². The third kappa shape index (κ3) is 3.79. The molecule has 1 aliphatic rings. The van der Waals surface area contributed by atoms with E-state index >= 15 is 0 Å². The fraction of sp³-hybridized carbons (Fsp3) is 0.571. The molecule has 1 aromatic rings. The average Bonchev–Trinajstić information content (AvgIpc) is 2.68. The van der Waals surface area contributed by atoms with Gasteiger partial charge < -0.3 is 10.6 Å². The summed E-state index contributed by atoms with van der Waals surface area (Å²) in [6, 6.07) is 3.88. The summed E-state index contributed by atoms with van der Waals surface area (Å²) >= 11 is 0. The molecule has 1 heterocycles. The van der Waals surface area contributed by atoms with Crippen molar-refractivity contribution in [1.82, 2.24) is 9.21 Å². The third-order valence-electron chi connectivity index (χ3n) is 3.76. The molecule has 0 saturated carbocycles. The molecule has 0 bridgehead atoms. The molecule has 2 N–H and O–H groups in total. The lowest BCUT2D eigenvalue weighted by Crippen LogP contribution is -2.36. The second kappa shape index (κ2) is 6.83. The highest BCUT2D eigenvalue weighted by atomic mass is 32.2. The molecule has 7 heteroatoms. The highest BCUT2D eigenvalue weighted by Crippen LogP contribution is 2.22. The van der Waals surface area contributed by atoms with E-state index in [1.165, 1.54) is 16.4 Å². The number of nitrogens with two attached hydrogens (primary N) is 1. The van der Waals surface area contributed by atoms with Crippen LogP contribution < -0.4 is 5.73 Å². The van der Waals surface area contributed by atoms with Crippen LogP contribution in [-0.2, 0) is 10.0 Å². The van der Waals surface area contributed by atoms with Crippen LogP contribution in [0.15, 0.2) is 23.1 Å². The van der Waals surface area contributed by atoms with Crippen LogP contribution in [0, 0.1) is 12.7 Å². The summed E-state index contributed by atoms with van der Waals surface area (Å²) < 4.78 is 40.2. The number of sulfonamides is 1. The summed E-state index contributed by atoms with van der Waals surface area (Å²) in [6.45, 7) is 5.39. The van der Waals surface area contributed by atoms with Gasteiger partial charge in [0.1, 0.15) is 5.82 Å². The lowest BCUT2D eigenvalue weighted by molar-refractivity contribution is 0.294. The zero-order valence-electron chi connectivity index (χ0n) is 12.3. The summed E-state index contributed by atoms with van der Waals surface area (Å²) in [5.74, 6) is -0.529. The second-order valence-electron chi connectivity index (χ2n) is 5.30. The quantitative estimate of drug-likeness (QED) is 0.892. The van der Waals surface area contributed by atoms with Crippen molar-refractivity contribution < 1.29 is 12.8 Å². The monoisotopic (exact) mass is 315 g/mol. The SMILES string of the molecule is Cc1ccc(F)cc1S(=O)(=O)N1CCCN(CCN)CC1. The third-order valence-corrected chi connectivity index (χ3v) is 5.80. The van der Waals surface area contributed by atoms with Crippen molar-refractivity contribution in [3.05, 3.63) is 29.6 Å². The number of nitrogens with zero attached hydrogens (tertiary/aromatic N) is 2. The first-order valence-electron chi connectivity index (χ1n) is 7.14. The lowest BCUT2D eigenvalue weighted by Gasteiger charge is -2.22. The Morgan fingerprint density at radius 2 is 2.00 bits per heavy atom. The molecule has 0 radical (unpaired) electrons. The van der Waals surface area contributed by atoms with Gasteiger partial charge in [0.05, 0.1) is 4.90 Å². The van der Waals surface area contributed by atoms with Crippen LogP contribution in [-0.4, -0.2) is 56.9 Å². The van der Waals surface area contributed by atoms with Gasteiger partial charge in [-0.05, 0) is 37.6 Å². The Kier molecular flexibility index (Phi) is 5.32. The summed E-state index contributed by atoms with van der Waals surface area (Å²) in [6.07, 6.45) is 0.758. The van der Waals surface area contributed by atoms with Crippen molar-refractivity contribution in [2.24, 2.45) is 5.73 Å². The normalized spacial score (nSPS) is 18.6. The number of hydrogen-bond acceptors (Lipinski definition) is 4. The van der Waals surface area contributed by atoms with E-state index in [0.717, 1.165) is 25.6 Å². The van der Waals surface area contributed by atoms with Crippen LogP contribution in [0.1, 0.15) is 12.0 Å². The maximum Gasteiger partial charge on any atom is 0.243 e. The zero-order chi connectivity index (χ0) is 15.5. The molecule has 118 valence electrons. The molecule has 0 aromatic heterocycles. The topological polar surface area (TPSA) is 66.6 Å². The molecular weight excluding hydrogens is 293 g/mol. The standard InChI is InChI=1S/C14H22FN3O2S/c1-12-3-4-13(15)11-14(12)21(19,20)18-7-2-6-17(8-5-16)9-10-18/h3-4,11H,2,5-10,16H2,1H3. The molecule has 2 rings (SSSR count). The summed E-state index contributed by atoms with van der Waals surface area (Å²) in [4.78, 5) is 2.23. The van der Waals surface area contributed by atoms with Crippen molar-refractivity contribution in [1.29, 1.82) is 0 Å². The first-order valence-corrected chi connectivity index (χ1v) is 8.58. The van der Waals surface area contributed by atoms with Crippen molar-refractivity contribution in [3.8, 4) is 0 Å². The van der Waals surface area contributed by atoms with Crippen molar-refractivity contribution in [2.75, 3.05) is 39.3 Å².